The summed E-state index contributed by atoms with van der Waals surface area (Å²) in [7, 11) is 0. The lowest BCUT2D eigenvalue weighted by atomic mass is 9.77. The van der Waals surface area contributed by atoms with Crippen molar-refractivity contribution in [3.8, 4) is 0 Å². The van der Waals surface area contributed by atoms with Crippen molar-refractivity contribution in [3.05, 3.63) is 23.8 Å². The number of Topliss-reactive ketones (excluding diaryl/α,β-unsaturated/α-hetero) is 1. The smallest absolute Gasteiger partial charge is 0.190 e. The predicted molar refractivity (Wildman–Crippen MR) is 93.5 cm³/mol. The van der Waals surface area contributed by atoms with Gasteiger partial charge >= 0.3 is 0 Å². The first-order valence-electron chi connectivity index (χ1n) is 9.11. The lowest BCUT2D eigenvalue weighted by molar-refractivity contribution is -0.144. The zero-order valence-electron chi connectivity index (χ0n) is 15.4. The molecule has 5 heteroatoms. The van der Waals surface area contributed by atoms with E-state index in [1.807, 2.05) is 6.08 Å². The van der Waals surface area contributed by atoms with Crippen LogP contribution in [0.15, 0.2) is 23.8 Å². The fraction of sp³-hybridized carbons (Fsp3) is 0.750. The van der Waals surface area contributed by atoms with Gasteiger partial charge in [-0.25, -0.2) is 0 Å². The second kappa shape index (κ2) is 5.74. The Kier molecular flexibility index (Phi) is 4.31. The van der Waals surface area contributed by atoms with E-state index in [-0.39, 0.29) is 35.2 Å². The molecule has 0 unspecified atom stereocenters. The molecule has 3 rings (SSSR count). The SMILES string of the molecule is C=C1[C@H](O)C[C@@H]2[C@H](/C=C(/C)C(=O)[C@]3(O)C[C@H](C)[C@H](O)[C@@H]3[C@@H]1O)C2(C)C. The van der Waals surface area contributed by atoms with E-state index in [4.69, 9.17) is 0 Å². The number of aliphatic hydroxyl groups is 4. The van der Waals surface area contributed by atoms with Crippen LogP contribution in [0.2, 0.25) is 0 Å². The lowest BCUT2D eigenvalue weighted by Gasteiger charge is -2.35. The molecule has 0 aromatic carbocycles. The molecular weight excluding hydrogens is 320 g/mol. The topological polar surface area (TPSA) is 98.0 Å². The van der Waals surface area contributed by atoms with Crippen molar-refractivity contribution in [1.29, 1.82) is 0 Å². The molecule has 5 nitrogen and oxygen atoms in total. The van der Waals surface area contributed by atoms with Gasteiger partial charge in [-0.1, -0.05) is 33.4 Å². The number of allylic oxidation sites excluding steroid dienone is 1. The minimum absolute atomic E-state index is 0.0442. The number of carbonyl (C=O) groups excluding carboxylic acids is 1. The maximum Gasteiger partial charge on any atom is 0.190 e. The number of rotatable bonds is 0. The van der Waals surface area contributed by atoms with Gasteiger partial charge in [0.25, 0.3) is 0 Å². The number of hydrogen-bond acceptors (Lipinski definition) is 5. The third-order valence-corrected chi connectivity index (χ3v) is 7.08. The molecule has 3 aliphatic rings. The summed E-state index contributed by atoms with van der Waals surface area (Å²) in [6, 6.07) is 0. The maximum atomic E-state index is 13.0. The van der Waals surface area contributed by atoms with Gasteiger partial charge in [0.2, 0.25) is 0 Å². The van der Waals surface area contributed by atoms with E-state index in [0.29, 0.717) is 12.0 Å². The van der Waals surface area contributed by atoms with Crippen LogP contribution < -0.4 is 0 Å². The van der Waals surface area contributed by atoms with E-state index in [9.17, 15) is 25.2 Å². The van der Waals surface area contributed by atoms with Gasteiger partial charge in [-0.15, -0.1) is 0 Å². The highest BCUT2D eigenvalue weighted by Crippen LogP contribution is 2.62. The predicted octanol–water partition coefficient (Wildman–Crippen LogP) is 1.20. The van der Waals surface area contributed by atoms with Crippen molar-refractivity contribution in [2.24, 2.45) is 29.1 Å². The molecule has 0 saturated heterocycles. The highest BCUT2D eigenvalue weighted by molar-refractivity contribution is 6.02. The molecule has 3 aliphatic carbocycles. The van der Waals surface area contributed by atoms with Crippen molar-refractivity contribution < 1.29 is 25.2 Å². The Labute approximate surface area is 149 Å². The summed E-state index contributed by atoms with van der Waals surface area (Å²) in [6.07, 6.45) is -0.880. The summed E-state index contributed by atoms with van der Waals surface area (Å²) in [6.45, 7) is 11.4. The van der Waals surface area contributed by atoms with Gasteiger partial charge in [-0.05, 0) is 54.1 Å². The molecule has 25 heavy (non-hydrogen) atoms. The number of ketones is 1. The van der Waals surface area contributed by atoms with Gasteiger partial charge in [0.05, 0.1) is 24.2 Å². The van der Waals surface area contributed by atoms with E-state index in [1.165, 1.54) is 0 Å². The highest BCUT2D eigenvalue weighted by Gasteiger charge is 2.61. The number of fused-ring (bicyclic) bond motifs is 2. The van der Waals surface area contributed by atoms with Gasteiger partial charge in [-0.3, -0.25) is 4.79 Å². The first kappa shape index (κ1) is 18.8. The molecule has 2 fully saturated rings. The number of hydrogen-bond donors (Lipinski definition) is 4. The summed E-state index contributed by atoms with van der Waals surface area (Å²) < 4.78 is 0. The van der Waals surface area contributed by atoms with E-state index in [2.05, 4.69) is 20.4 Å². The highest BCUT2D eigenvalue weighted by atomic mass is 16.3. The van der Waals surface area contributed by atoms with E-state index < -0.39 is 35.6 Å². The molecule has 140 valence electrons. The Morgan fingerprint density at radius 3 is 2.44 bits per heavy atom. The Balaban J connectivity index is 2.08. The Morgan fingerprint density at radius 1 is 1.24 bits per heavy atom. The molecule has 0 amide bonds. The summed E-state index contributed by atoms with van der Waals surface area (Å²) in [5.74, 6) is -1.53. The van der Waals surface area contributed by atoms with Crippen LogP contribution in [0.25, 0.3) is 0 Å². The molecule has 0 bridgehead atoms. The van der Waals surface area contributed by atoms with E-state index in [0.717, 1.165) is 0 Å². The van der Waals surface area contributed by atoms with Crippen LogP contribution in [-0.2, 0) is 4.79 Å². The van der Waals surface area contributed by atoms with Gasteiger partial charge in [0.1, 0.15) is 5.60 Å². The van der Waals surface area contributed by atoms with Crippen LogP contribution in [0.5, 0.6) is 0 Å². The Bertz CT molecular complexity index is 636. The molecule has 8 atom stereocenters. The fourth-order valence-corrected chi connectivity index (χ4v) is 5.15. The van der Waals surface area contributed by atoms with Crippen LogP contribution in [-0.4, -0.2) is 50.1 Å². The Hall–Kier alpha value is -1.01. The van der Waals surface area contributed by atoms with Crippen LogP contribution >= 0.6 is 0 Å². The van der Waals surface area contributed by atoms with Gasteiger partial charge in [0.15, 0.2) is 5.78 Å². The normalized spacial score (nSPS) is 51.8. The molecule has 4 N–H and O–H groups in total. The van der Waals surface area contributed by atoms with Crippen LogP contribution in [0.3, 0.4) is 0 Å². The Morgan fingerprint density at radius 2 is 1.84 bits per heavy atom. The third kappa shape index (κ3) is 2.64. The summed E-state index contributed by atoms with van der Waals surface area (Å²) >= 11 is 0. The summed E-state index contributed by atoms with van der Waals surface area (Å²) in [5, 5.41) is 43.0. The van der Waals surface area contributed by atoms with Crippen molar-refractivity contribution >= 4 is 5.78 Å². The van der Waals surface area contributed by atoms with Crippen molar-refractivity contribution in [2.45, 2.75) is 64.4 Å². The number of aliphatic hydroxyl groups excluding tert-OH is 3. The molecule has 2 saturated carbocycles. The lowest BCUT2D eigenvalue weighted by Crippen LogP contribution is -2.51. The summed E-state index contributed by atoms with van der Waals surface area (Å²) in [5.41, 5.74) is -1.26. The van der Waals surface area contributed by atoms with Crippen LogP contribution in [0, 0.1) is 29.1 Å². The minimum atomic E-state index is -1.85. The van der Waals surface area contributed by atoms with E-state index >= 15 is 0 Å². The average molecular weight is 350 g/mol. The van der Waals surface area contributed by atoms with Gasteiger partial charge in [0, 0.05) is 0 Å². The molecule has 0 spiro atoms. The van der Waals surface area contributed by atoms with Gasteiger partial charge in [-0.2, -0.15) is 0 Å². The zero-order chi connectivity index (χ0) is 18.9. The monoisotopic (exact) mass is 350 g/mol. The largest absolute Gasteiger partial charge is 0.392 e. The third-order valence-electron chi connectivity index (χ3n) is 7.08. The van der Waals surface area contributed by atoms with Crippen molar-refractivity contribution in [1.82, 2.24) is 0 Å². The molecule has 0 radical (unpaired) electrons. The van der Waals surface area contributed by atoms with Crippen molar-refractivity contribution in [2.75, 3.05) is 0 Å². The average Bonchev–Trinajstić information content (AvgIpc) is 2.92. The maximum absolute atomic E-state index is 13.0. The van der Waals surface area contributed by atoms with E-state index in [1.54, 1.807) is 13.8 Å². The van der Waals surface area contributed by atoms with Crippen LogP contribution in [0.4, 0.5) is 0 Å². The first-order valence-corrected chi connectivity index (χ1v) is 9.11. The van der Waals surface area contributed by atoms with Crippen molar-refractivity contribution in [3.63, 3.8) is 0 Å². The molecule has 0 aromatic rings. The second-order valence-electron chi connectivity index (χ2n) is 9.03. The molecule has 0 aliphatic heterocycles. The molecule has 0 aromatic heterocycles. The first-order chi connectivity index (χ1) is 11.4. The fourth-order valence-electron chi connectivity index (χ4n) is 5.15. The zero-order valence-corrected chi connectivity index (χ0v) is 15.4. The molecule has 0 heterocycles. The standard InChI is InChI=1S/C20H30O5/c1-9-6-12-13(19(12,4)5)7-14(21)11(3)17(23)15-16(22)10(2)8-20(15,25)18(9)24/h6,10,12-17,21-23,25H,3,7-8H2,1-2,4-5H3/b9-6-/t10-,12-,13+,14+,15+,16-,17+,20-/m0/s1. The minimum Gasteiger partial charge on any atom is -0.392 e. The number of carbonyl (C=O) groups is 1. The van der Waals surface area contributed by atoms with Gasteiger partial charge < -0.3 is 20.4 Å². The van der Waals surface area contributed by atoms with Crippen LogP contribution in [0.1, 0.15) is 40.5 Å². The summed E-state index contributed by atoms with van der Waals surface area (Å²) in [4.78, 5) is 13.0. The molecular formula is C20H30O5. The quantitative estimate of drug-likeness (QED) is 0.492. The second-order valence-corrected chi connectivity index (χ2v) is 9.03.